The number of anilines is 2. The molecular weight excluding hydrogens is 784 g/mol. The summed E-state index contributed by atoms with van der Waals surface area (Å²) >= 11 is 2.70. The van der Waals surface area contributed by atoms with E-state index in [-0.39, 0.29) is 18.2 Å². The minimum atomic E-state index is -0.745. The summed E-state index contributed by atoms with van der Waals surface area (Å²) in [6.45, 7) is 4.14. The first-order chi connectivity index (χ1) is 28.7. The van der Waals surface area contributed by atoms with Gasteiger partial charge in [-0.15, -0.1) is 23.1 Å². The van der Waals surface area contributed by atoms with Crippen LogP contribution in [0.15, 0.2) is 150 Å². The van der Waals surface area contributed by atoms with E-state index in [4.69, 9.17) is 4.74 Å². The fourth-order valence-corrected chi connectivity index (χ4v) is 9.03. The van der Waals surface area contributed by atoms with E-state index in [1.807, 2.05) is 54.6 Å². The molecule has 1 unspecified atom stereocenters. The van der Waals surface area contributed by atoms with Gasteiger partial charge in [0.15, 0.2) is 0 Å². The van der Waals surface area contributed by atoms with E-state index in [9.17, 15) is 23.6 Å². The summed E-state index contributed by atoms with van der Waals surface area (Å²) in [7, 11) is 0. The SMILES string of the molecule is CCOC(=O)c1c(NC(=O)C(Sc2cccc(NC(=O)/C(=C/c3ccc(F)cc3)NC(=O)c3ccccc3)c2)c2ccccc2)sc2c1CCN(Cc1ccccc1)C2. The summed E-state index contributed by atoms with van der Waals surface area (Å²) in [4.78, 5) is 58.8. The second kappa shape index (κ2) is 19.4. The van der Waals surface area contributed by atoms with Crippen LogP contribution >= 0.6 is 23.1 Å². The van der Waals surface area contributed by atoms with Crippen molar-refractivity contribution in [3.8, 4) is 0 Å². The van der Waals surface area contributed by atoms with E-state index in [2.05, 4.69) is 33.0 Å². The summed E-state index contributed by atoms with van der Waals surface area (Å²) < 4.78 is 19.2. The van der Waals surface area contributed by atoms with Gasteiger partial charge >= 0.3 is 5.97 Å². The van der Waals surface area contributed by atoms with E-state index < -0.39 is 28.9 Å². The Kier molecular flexibility index (Phi) is 13.4. The molecule has 1 aromatic heterocycles. The molecule has 0 bridgehead atoms. The number of thioether (sulfide) groups is 1. The highest BCUT2D eigenvalue weighted by Gasteiger charge is 2.32. The Balaban J connectivity index is 1.12. The molecule has 6 aromatic rings. The van der Waals surface area contributed by atoms with Gasteiger partial charge in [-0.25, -0.2) is 9.18 Å². The zero-order valence-electron chi connectivity index (χ0n) is 32.2. The van der Waals surface area contributed by atoms with E-state index >= 15 is 0 Å². The number of carbonyl (C=O) groups excluding carboxylic acids is 4. The molecule has 0 aliphatic carbocycles. The molecule has 3 N–H and O–H groups in total. The maximum absolute atomic E-state index is 14.4. The zero-order chi connectivity index (χ0) is 41.1. The van der Waals surface area contributed by atoms with E-state index in [0.29, 0.717) is 45.2 Å². The van der Waals surface area contributed by atoms with Crippen LogP contribution in [0.5, 0.6) is 0 Å². The number of rotatable bonds is 14. The lowest BCUT2D eigenvalue weighted by atomic mass is 10.0. The van der Waals surface area contributed by atoms with Crippen molar-refractivity contribution in [2.24, 2.45) is 0 Å². The number of hydrogen-bond donors (Lipinski definition) is 3. The molecule has 1 aliphatic rings. The number of nitrogens with one attached hydrogen (secondary N) is 3. The average Bonchev–Trinajstić information content (AvgIpc) is 3.61. The van der Waals surface area contributed by atoms with Crippen molar-refractivity contribution in [3.05, 3.63) is 189 Å². The molecule has 1 atom stereocenters. The first kappa shape index (κ1) is 40.8. The summed E-state index contributed by atoms with van der Waals surface area (Å²) in [5, 5.41) is 8.39. The van der Waals surface area contributed by atoms with Crippen LogP contribution in [0.1, 0.15) is 60.0 Å². The Morgan fingerprint density at radius 2 is 1.54 bits per heavy atom. The summed E-state index contributed by atoms with van der Waals surface area (Å²) in [6, 6.07) is 40.7. The highest BCUT2D eigenvalue weighted by atomic mass is 32.2. The van der Waals surface area contributed by atoms with Gasteiger partial charge in [0.2, 0.25) is 5.91 Å². The Hall–Kier alpha value is -6.34. The summed E-state index contributed by atoms with van der Waals surface area (Å²) in [6.07, 6.45) is 2.12. The van der Waals surface area contributed by atoms with E-state index in [0.717, 1.165) is 29.1 Å². The first-order valence-electron chi connectivity index (χ1n) is 19.1. The maximum atomic E-state index is 14.4. The highest BCUT2D eigenvalue weighted by Crippen LogP contribution is 2.41. The predicted octanol–water partition coefficient (Wildman–Crippen LogP) is 9.50. The second-order valence-electron chi connectivity index (χ2n) is 13.7. The maximum Gasteiger partial charge on any atom is 0.341 e. The Labute approximate surface area is 350 Å². The lowest BCUT2D eigenvalue weighted by Gasteiger charge is -2.27. The van der Waals surface area contributed by atoms with Gasteiger partial charge in [-0.05, 0) is 84.1 Å². The largest absolute Gasteiger partial charge is 0.462 e. The molecule has 0 radical (unpaired) electrons. The Morgan fingerprint density at radius 1 is 0.847 bits per heavy atom. The molecule has 7 rings (SSSR count). The van der Waals surface area contributed by atoms with Crippen molar-refractivity contribution in [2.75, 3.05) is 23.8 Å². The van der Waals surface area contributed by atoms with Gasteiger partial charge in [-0.3, -0.25) is 19.3 Å². The molecule has 0 spiro atoms. The molecule has 1 aliphatic heterocycles. The Bertz CT molecular complexity index is 2460. The molecule has 9 nitrogen and oxygen atoms in total. The molecule has 5 aromatic carbocycles. The number of carbonyl (C=O) groups is 4. The quantitative estimate of drug-likeness (QED) is 0.0570. The Morgan fingerprint density at radius 3 is 2.25 bits per heavy atom. The van der Waals surface area contributed by atoms with Crippen LogP contribution < -0.4 is 16.0 Å². The van der Waals surface area contributed by atoms with Gasteiger partial charge in [-0.2, -0.15) is 0 Å². The summed E-state index contributed by atoms with van der Waals surface area (Å²) in [5.74, 6) is -2.31. The first-order valence-corrected chi connectivity index (χ1v) is 20.8. The fraction of sp³-hybridized carbons (Fsp3) is 0.149. The van der Waals surface area contributed by atoms with Crippen molar-refractivity contribution >= 4 is 63.6 Å². The number of amides is 3. The third-order valence-corrected chi connectivity index (χ3v) is 11.9. The normalized spacial score (nSPS) is 13.2. The molecule has 12 heteroatoms. The van der Waals surface area contributed by atoms with Gasteiger partial charge in [-0.1, -0.05) is 97.1 Å². The molecule has 0 saturated heterocycles. The lowest BCUT2D eigenvalue weighted by Crippen LogP contribution is -2.30. The van der Waals surface area contributed by atoms with Gasteiger partial charge < -0.3 is 20.7 Å². The number of fused-ring (bicyclic) bond motifs is 1. The number of esters is 1. The third kappa shape index (κ3) is 10.6. The smallest absolute Gasteiger partial charge is 0.341 e. The second-order valence-corrected chi connectivity index (χ2v) is 16.0. The number of benzene rings is 5. The van der Waals surface area contributed by atoms with Crippen LogP contribution in [0, 0.1) is 5.82 Å². The van der Waals surface area contributed by atoms with Crippen LogP contribution in [-0.4, -0.2) is 41.7 Å². The van der Waals surface area contributed by atoms with Gasteiger partial charge in [0, 0.05) is 40.7 Å². The molecule has 298 valence electrons. The standard InChI is InChI=1S/C47H41FN4O5S2/c1-2-57-47(56)41-38-25-26-52(29-32-13-6-3-7-14-32)30-40(38)59-46(41)51-45(55)42(33-15-8-4-9-16-33)58-37-20-12-19-36(28-37)49-44(54)39(27-31-21-23-35(48)24-22-31)50-43(53)34-17-10-5-11-18-34/h3-24,27-28,42H,2,25-26,29-30H2,1H3,(H,49,54)(H,50,53)(H,51,55)/b39-27-. The monoisotopic (exact) mass is 824 g/mol. The van der Waals surface area contributed by atoms with E-state index in [1.54, 1.807) is 55.5 Å². The van der Waals surface area contributed by atoms with Crippen molar-refractivity contribution in [2.45, 2.75) is 36.6 Å². The molecule has 59 heavy (non-hydrogen) atoms. The van der Waals surface area contributed by atoms with Crippen molar-refractivity contribution in [3.63, 3.8) is 0 Å². The molecule has 2 heterocycles. The van der Waals surface area contributed by atoms with Crippen molar-refractivity contribution in [1.29, 1.82) is 0 Å². The minimum absolute atomic E-state index is 0.0516. The van der Waals surface area contributed by atoms with Crippen LogP contribution in [0.25, 0.3) is 6.08 Å². The molecule has 0 saturated carbocycles. The highest BCUT2D eigenvalue weighted by molar-refractivity contribution is 8.00. The third-order valence-electron chi connectivity index (χ3n) is 9.50. The number of ether oxygens (including phenoxy) is 1. The topological polar surface area (TPSA) is 117 Å². The molecule has 3 amide bonds. The van der Waals surface area contributed by atoms with Crippen molar-refractivity contribution in [1.82, 2.24) is 10.2 Å². The van der Waals surface area contributed by atoms with Gasteiger partial charge in [0.25, 0.3) is 11.8 Å². The summed E-state index contributed by atoms with van der Waals surface area (Å²) in [5.41, 5.74) is 4.49. The van der Waals surface area contributed by atoms with Crippen LogP contribution in [0.2, 0.25) is 0 Å². The molecule has 0 fully saturated rings. The lowest BCUT2D eigenvalue weighted by molar-refractivity contribution is -0.116. The average molecular weight is 825 g/mol. The minimum Gasteiger partial charge on any atom is -0.462 e. The number of hydrogen-bond acceptors (Lipinski definition) is 8. The van der Waals surface area contributed by atoms with E-state index in [1.165, 1.54) is 59.0 Å². The predicted molar refractivity (Wildman–Crippen MR) is 232 cm³/mol. The van der Waals surface area contributed by atoms with Gasteiger partial charge in [0.1, 0.15) is 21.8 Å². The van der Waals surface area contributed by atoms with Crippen LogP contribution in [0.3, 0.4) is 0 Å². The number of halogens is 1. The van der Waals surface area contributed by atoms with Crippen LogP contribution in [-0.2, 0) is 33.8 Å². The number of thiophene rings is 1. The number of nitrogens with zero attached hydrogens (tertiary/aromatic N) is 1. The molecular formula is C47H41FN4O5S2. The van der Waals surface area contributed by atoms with Gasteiger partial charge in [0.05, 0.1) is 12.2 Å². The fourth-order valence-electron chi connectivity index (χ4n) is 6.67. The van der Waals surface area contributed by atoms with Crippen LogP contribution in [0.4, 0.5) is 15.1 Å². The van der Waals surface area contributed by atoms with Crippen molar-refractivity contribution < 1.29 is 28.3 Å². The zero-order valence-corrected chi connectivity index (χ0v) is 33.8.